The van der Waals surface area contributed by atoms with Gasteiger partial charge in [0.2, 0.25) is 0 Å². The molecule has 0 N–H and O–H groups in total. The van der Waals surface area contributed by atoms with Crippen LogP contribution in [0.4, 0.5) is 0 Å². The van der Waals surface area contributed by atoms with E-state index in [0.717, 1.165) is 0 Å². The number of benzene rings is 6. The molecule has 6 aromatic rings. The van der Waals surface area contributed by atoms with Gasteiger partial charge >= 0.3 is 0 Å². The second kappa shape index (κ2) is 12.1. The molecule has 0 aliphatic carbocycles. The standard InChI is InChI=1S/C38H32P2/c1-29-17-15-27-35(39(31-19-7-3-8-20-31)32-21-9-4-10-22-32)37(29)38-30(2)18-16-28-36(38)40(33-23-11-5-12-24-33)34-25-13-6-14-26-34/h3-28H,1-2H3. The molecule has 0 unspecified atom stereocenters. The highest BCUT2D eigenvalue weighted by atomic mass is 31.1. The van der Waals surface area contributed by atoms with Crippen molar-refractivity contribution in [3.63, 3.8) is 0 Å². The SMILES string of the molecule is Cc1cccc(P(c2ccccc2)c2ccccc2)c1-c1c(C)cccc1P(c1ccccc1)c1ccccc1. The van der Waals surface area contributed by atoms with E-state index in [-0.39, 0.29) is 0 Å². The third-order valence-corrected chi connectivity index (χ3v) is 12.3. The highest BCUT2D eigenvalue weighted by Crippen LogP contribution is 2.43. The van der Waals surface area contributed by atoms with Crippen molar-refractivity contribution < 1.29 is 0 Å². The highest BCUT2D eigenvalue weighted by molar-refractivity contribution is 7.80. The van der Waals surface area contributed by atoms with Crippen LogP contribution >= 0.6 is 15.8 Å². The summed E-state index contributed by atoms with van der Waals surface area (Å²) in [5.74, 6) is 0. The molecule has 6 rings (SSSR count). The summed E-state index contributed by atoms with van der Waals surface area (Å²) in [5.41, 5.74) is 5.41. The van der Waals surface area contributed by atoms with Crippen LogP contribution in [0.1, 0.15) is 11.1 Å². The summed E-state index contributed by atoms with van der Waals surface area (Å²) in [4.78, 5) is 0. The molecule has 0 nitrogen and oxygen atoms in total. The molecule has 194 valence electrons. The lowest BCUT2D eigenvalue weighted by Gasteiger charge is -2.28. The number of rotatable bonds is 7. The lowest BCUT2D eigenvalue weighted by atomic mass is 9.96. The molecule has 0 aliphatic rings. The molecule has 0 fully saturated rings. The van der Waals surface area contributed by atoms with E-state index in [1.165, 1.54) is 54.1 Å². The average Bonchev–Trinajstić information content (AvgIpc) is 3.01. The average molecular weight is 551 g/mol. The third kappa shape index (κ3) is 5.31. The lowest BCUT2D eigenvalue weighted by Crippen LogP contribution is -2.26. The van der Waals surface area contributed by atoms with Gasteiger partial charge in [0.1, 0.15) is 0 Å². The van der Waals surface area contributed by atoms with Crippen molar-refractivity contribution in [1.29, 1.82) is 0 Å². The van der Waals surface area contributed by atoms with Crippen LogP contribution in [0.5, 0.6) is 0 Å². The van der Waals surface area contributed by atoms with Gasteiger partial charge in [-0.1, -0.05) is 158 Å². The summed E-state index contributed by atoms with van der Waals surface area (Å²) >= 11 is 0. The number of aryl methyl sites for hydroxylation is 2. The van der Waals surface area contributed by atoms with Crippen molar-refractivity contribution >= 4 is 47.7 Å². The van der Waals surface area contributed by atoms with Crippen LogP contribution in [0.2, 0.25) is 0 Å². The Bertz CT molecular complexity index is 1490. The Morgan fingerprint density at radius 3 is 0.850 bits per heavy atom. The van der Waals surface area contributed by atoms with Gasteiger partial charge in [-0.05, 0) is 83.8 Å². The Morgan fingerprint density at radius 1 is 0.300 bits per heavy atom. The molecule has 2 heteroatoms. The van der Waals surface area contributed by atoms with E-state index < -0.39 is 15.8 Å². The zero-order valence-corrected chi connectivity index (χ0v) is 24.7. The second-order valence-corrected chi connectivity index (χ2v) is 14.3. The number of hydrogen-bond donors (Lipinski definition) is 0. The van der Waals surface area contributed by atoms with E-state index in [4.69, 9.17) is 0 Å². The van der Waals surface area contributed by atoms with Crippen LogP contribution in [-0.2, 0) is 0 Å². The van der Waals surface area contributed by atoms with Gasteiger partial charge in [0, 0.05) is 0 Å². The fraction of sp³-hybridized carbons (Fsp3) is 0.0526. The first-order valence-corrected chi connectivity index (χ1v) is 16.4. The van der Waals surface area contributed by atoms with Gasteiger partial charge in [-0.3, -0.25) is 0 Å². The quantitative estimate of drug-likeness (QED) is 0.181. The zero-order valence-electron chi connectivity index (χ0n) is 22.9. The molecular formula is C38H32P2. The van der Waals surface area contributed by atoms with Gasteiger partial charge in [0.25, 0.3) is 0 Å². The monoisotopic (exact) mass is 550 g/mol. The summed E-state index contributed by atoms with van der Waals surface area (Å²) in [5, 5.41) is 8.33. The van der Waals surface area contributed by atoms with Gasteiger partial charge in [0.05, 0.1) is 0 Å². The third-order valence-electron chi connectivity index (χ3n) is 7.29. The Balaban J connectivity index is 1.65. The van der Waals surface area contributed by atoms with E-state index in [0.29, 0.717) is 0 Å². The van der Waals surface area contributed by atoms with Crippen LogP contribution < -0.4 is 31.8 Å². The first-order valence-electron chi connectivity index (χ1n) is 13.7. The van der Waals surface area contributed by atoms with Gasteiger partial charge < -0.3 is 0 Å². The Kier molecular flexibility index (Phi) is 8.02. The van der Waals surface area contributed by atoms with E-state index in [2.05, 4.69) is 172 Å². The van der Waals surface area contributed by atoms with E-state index in [1.54, 1.807) is 0 Å². The normalized spacial score (nSPS) is 11.2. The molecule has 0 aromatic heterocycles. The van der Waals surface area contributed by atoms with Crippen LogP contribution in [0.15, 0.2) is 158 Å². The van der Waals surface area contributed by atoms with E-state index in [1.807, 2.05) is 0 Å². The fourth-order valence-electron chi connectivity index (χ4n) is 5.49. The summed E-state index contributed by atoms with van der Waals surface area (Å²) in [6.07, 6.45) is 0. The molecule has 40 heavy (non-hydrogen) atoms. The Hall–Kier alpha value is -3.82. The van der Waals surface area contributed by atoms with Gasteiger partial charge in [-0.2, -0.15) is 0 Å². The van der Waals surface area contributed by atoms with Crippen LogP contribution in [0.3, 0.4) is 0 Å². The molecule has 0 aliphatic heterocycles. The van der Waals surface area contributed by atoms with Gasteiger partial charge in [-0.25, -0.2) is 0 Å². The maximum absolute atomic E-state index is 2.37. The van der Waals surface area contributed by atoms with Crippen molar-refractivity contribution in [1.82, 2.24) is 0 Å². The molecule has 0 radical (unpaired) electrons. The van der Waals surface area contributed by atoms with E-state index >= 15 is 0 Å². The summed E-state index contributed by atoms with van der Waals surface area (Å²) in [6, 6.07) is 58.0. The van der Waals surface area contributed by atoms with Crippen LogP contribution in [0.25, 0.3) is 11.1 Å². The first-order chi connectivity index (χ1) is 19.7. The van der Waals surface area contributed by atoms with Gasteiger partial charge in [-0.15, -0.1) is 0 Å². The first kappa shape index (κ1) is 26.4. The molecule has 0 saturated heterocycles. The lowest BCUT2D eigenvalue weighted by molar-refractivity contribution is 1.43. The Labute approximate surface area is 240 Å². The predicted octanol–water partition coefficient (Wildman–Crippen LogP) is 7.49. The van der Waals surface area contributed by atoms with E-state index in [9.17, 15) is 0 Å². The molecule has 0 bridgehead atoms. The predicted molar refractivity (Wildman–Crippen MR) is 179 cm³/mol. The van der Waals surface area contributed by atoms with Crippen molar-refractivity contribution in [3.8, 4) is 11.1 Å². The molecule has 0 spiro atoms. The van der Waals surface area contributed by atoms with Crippen molar-refractivity contribution in [3.05, 3.63) is 169 Å². The molecule has 0 amide bonds. The minimum absolute atomic E-state index is 0.752. The summed E-state index contributed by atoms with van der Waals surface area (Å²) < 4.78 is 0. The van der Waals surface area contributed by atoms with Crippen LogP contribution in [-0.4, -0.2) is 0 Å². The maximum Gasteiger partial charge on any atom is -0.00617 e. The minimum Gasteiger partial charge on any atom is -0.0622 e. The highest BCUT2D eigenvalue weighted by Gasteiger charge is 2.26. The van der Waals surface area contributed by atoms with Crippen LogP contribution in [0, 0.1) is 13.8 Å². The smallest absolute Gasteiger partial charge is 0.00617 e. The summed E-state index contributed by atoms with van der Waals surface area (Å²) in [6.45, 7) is 4.57. The maximum atomic E-state index is 2.37. The molecule has 0 heterocycles. The van der Waals surface area contributed by atoms with Crippen molar-refractivity contribution in [2.45, 2.75) is 13.8 Å². The Morgan fingerprint density at radius 2 is 0.575 bits per heavy atom. The summed E-state index contributed by atoms with van der Waals surface area (Å²) in [7, 11) is -1.50. The largest absolute Gasteiger partial charge is 0.0622 e. The van der Waals surface area contributed by atoms with Gasteiger partial charge in [0.15, 0.2) is 0 Å². The van der Waals surface area contributed by atoms with Crippen molar-refractivity contribution in [2.75, 3.05) is 0 Å². The second-order valence-electron chi connectivity index (χ2n) is 9.95. The topological polar surface area (TPSA) is 0 Å². The molecule has 0 saturated carbocycles. The fourth-order valence-corrected chi connectivity index (χ4v) is 10.6. The minimum atomic E-state index is -0.752. The molecule has 6 aromatic carbocycles. The van der Waals surface area contributed by atoms with Crippen molar-refractivity contribution in [2.24, 2.45) is 0 Å². The number of hydrogen-bond acceptors (Lipinski definition) is 0. The molecule has 0 atom stereocenters. The zero-order chi connectivity index (χ0) is 27.3. The molecular weight excluding hydrogens is 518 g/mol.